The second-order valence-corrected chi connectivity index (χ2v) is 10.3. The molecule has 0 radical (unpaired) electrons. The van der Waals surface area contributed by atoms with Gasteiger partial charge in [-0.25, -0.2) is 11.3 Å². The van der Waals surface area contributed by atoms with Gasteiger partial charge in [-0.2, -0.15) is 0 Å². The van der Waals surface area contributed by atoms with Crippen molar-refractivity contribution in [3.8, 4) is 0 Å². The molecule has 0 heterocycles. The molecule has 0 aliphatic heterocycles. The summed E-state index contributed by atoms with van der Waals surface area (Å²) in [6, 6.07) is 29.5. The fourth-order valence-corrected chi connectivity index (χ4v) is 5.96. The third-order valence-electron chi connectivity index (χ3n) is 7.76. The summed E-state index contributed by atoms with van der Waals surface area (Å²) in [4.78, 5) is 0. The van der Waals surface area contributed by atoms with Crippen LogP contribution in [0.3, 0.4) is 0 Å². The lowest BCUT2D eigenvalue weighted by Crippen LogP contribution is -2.51. The average molecular weight is 532 g/mol. The Labute approximate surface area is 237 Å². The third-order valence-corrected chi connectivity index (χ3v) is 7.76. The fraction of sp³-hybridized carbons (Fsp3) is 0.176. The molecule has 0 bridgehead atoms. The predicted molar refractivity (Wildman–Crippen MR) is 168 cm³/mol. The number of fused-ring (bicyclic) bond motifs is 2. The molecule has 204 valence electrons. The third kappa shape index (κ3) is 4.46. The van der Waals surface area contributed by atoms with E-state index in [0.717, 1.165) is 67.5 Å². The topological polar surface area (TPSA) is 84.2 Å². The highest BCUT2D eigenvalue weighted by atomic mass is 15.5. The van der Waals surface area contributed by atoms with E-state index >= 15 is 0 Å². The summed E-state index contributed by atoms with van der Waals surface area (Å²) in [5.74, 6) is 7.10. The van der Waals surface area contributed by atoms with E-state index in [1.54, 1.807) is 0 Å². The highest BCUT2D eigenvalue weighted by molar-refractivity contribution is 6.07. The first-order valence-corrected chi connectivity index (χ1v) is 13.6. The molecule has 5 rings (SSSR count). The minimum atomic E-state index is 0.895. The number of nitrogens with two attached hydrogens (primary N) is 1. The number of nitrogens with zero attached hydrogens (tertiary/aromatic N) is 2. The van der Waals surface area contributed by atoms with Crippen molar-refractivity contribution in [2.75, 3.05) is 24.1 Å². The lowest BCUT2D eigenvalue weighted by molar-refractivity contribution is -0.243. The maximum Gasteiger partial charge on any atom is 0.162 e. The van der Waals surface area contributed by atoms with Crippen LogP contribution in [0.5, 0.6) is 0 Å². The molecule has 0 atom stereocenters. The van der Waals surface area contributed by atoms with E-state index in [1.807, 2.05) is 19.1 Å². The number of rotatable bonds is 6. The monoisotopic (exact) mass is 531 g/mol. The Morgan fingerprint density at radius 1 is 0.575 bits per heavy atom. The van der Waals surface area contributed by atoms with Crippen molar-refractivity contribution in [3.63, 3.8) is 0 Å². The van der Waals surface area contributed by atoms with E-state index in [1.165, 1.54) is 11.1 Å². The molecule has 40 heavy (non-hydrogen) atoms. The number of quaternary nitrogens is 1. The Bertz CT molecular complexity index is 1610. The van der Waals surface area contributed by atoms with Crippen molar-refractivity contribution in [3.05, 3.63) is 129 Å². The largest absolute Gasteiger partial charge is 0.386 e. The molecule has 0 spiro atoms. The maximum absolute atomic E-state index is 7.10. The zero-order valence-corrected chi connectivity index (χ0v) is 24.3. The maximum atomic E-state index is 7.10. The van der Waals surface area contributed by atoms with E-state index < -0.39 is 0 Å². The van der Waals surface area contributed by atoms with Crippen LogP contribution in [0.4, 0.5) is 11.4 Å². The molecule has 1 aliphatic carbocycles. The van der Waals surface area contributed by atoms with Gasteiger partial charge in [0, 0.05) is 36.3 Å². The highest BCUT2D eigenvalue weighted by Gasteiger charge is 2.32. The molecule has 0 aromatic heterocycles. The predicted octanol–water partition coefficient (Wildman–Crippen LogP) is 5.37. The molecule has 6 heteroatoms. The van der Waals surface area contributed by atoms with Crippen molar-refractivity contribution in [2.45, 2.75) is 27.7 Å². The van der Waals surface area contributed by atoms with Crippen LogP contribution < -0.4 is 32.3 Å². The number of aryl methyl sites for hydroxylation is 4. The molecule has 6 nitrogen and oxygen atoms in total. The summed E-state index contributed by atoms with van der Waals surface area (Å²) >= 11 is 0. The van der Waals surface area contributed by atoms with Crippen LogP contribution in [-0.4, -0.2) is 14.1 Å². The van der Waals surface area contributed by atoms with Crippen LogP contribution in [0, 0.1) is 27.7 Å². The first kappa shape index (κ1) is 27.2. The van der Waals surface area contributed by atoms with Crippen LogP contribution >= 0.6 is 0 Å². The van der Waals surface area contributed by atoms with Gasteiger partial charge in [-0.3, -0.25) is 10.0 Å². The summed E-state index contributed by atoms with van der Waals surface area (Å²) in [5, 5.41) is 7.55. The van der Waals surface area contributed by atoms with Crippen molar-refractivity contribution in [1.29, 1.82) is 0 Å². The average Bonchev–Trinajstić information content (AvgIpc) is 2.94. The van der Waals surface area contributed by atoms with Gasteiger partial charge in [0.2, 0.25) is 0 Å². The van der Waals surface area contributed by atoms with Gasteiger partial charge in [0.1, 0.15) is 5.70 Å². The van der Waals surface area contributed by atoms with Gasteiger partial charge in [0.15, 0.2) is 5.70 Å². The van der Waals surface area contributed by atoms with Crippen LogP contribution in [0.15, 0.2) is 84.9 Å². The molecule has 7 N–H and O–H groups in total. The second kappa shape index (κ2) is 11.0. The molecule has 0 saturated carbocycles. The highest BCUT2D eigenvalue weighted by Crippen LogP contribution is 2.42. The summed E-state index contributed by atoms with van der Waals surface area (Å²) < 4.78 is 0. The molecule has 0 amide bonds. The van der Waals surface area contributed by atoms with E-state index in [4.69, 9.17) is 11.6 Å². The zero-order valence-electron chi connectivity index (χ0n) is 24.3. The molecule has 1 aliphatic rings. The minimum absolute atomic E-state index is 0.895. The summed E-state index contributed by atoms with van der Waals surface area (Å²) in [6.07, 6.45) is 0. The van der Waals surface area contributed by atoms with Gasteiger partial charge in [0.05, 0.1) is 22.8 Å². The number of hydrogen-bond acceptors (Lipinski definition) is 5. The first-order valence-electron chi connectivity index (χ1n) is 13.6. The van der Waals surface area contributed by atoms with E-state index in [2.05, 4.69) is 128 Å². The van der Waals surface area contributed by atoms with E-state index in [9.17, 15) is 0 Å². The molecular weight excluding hydrogens is 492 g/mol. The quantitative estimate of drug-likeness (QED) is 0.199. The van der Waals surface area contributed by atoms with E-state index in [-0.39, 0.29) is 0 Å². The normalized spacial score (nSPS) is 16.5. The number of para-hydroxylation sites is 2. The van der Waals surface area contributed by atoms with Gasteiger partial charge < -0.3 is 11.1 Å². The van der Waals surface area contributed by atoms with Gasteiger partial charge >= 0.3 is 0 Å². The summed E-state index contributed by atoms with van der Waals surface area (Å²) in [7, 11) is 3.92. The standard InChI is InChI=1S/C34H38N6/c1-21-13-11-14-22(2)31(21)39(36)34-27-19-9-7-17-25(27)29(35)33(28-20-10-8-18-26(28)30(34)37-5)40(38-6)32-23(3)15-12-16-24(32)4/h7-20,37-38H,35-36H2,1-6H3/p+1/b29-25?,30-26?,33-28?,33-29-,34-27?,34-30-. The van der Waals surface area contributed by atoms with Crippen LogP contribution in [0.1, 0.15) is 44.5 Å². The smallest absolute Gasteiger partial charge is 0.162 e. The Morgan fingerprint density at radius 3 is 1.52 bits per heavy atom. The van der Waals surface area contributed by atoms with Crippen LogP contribution in [0.25, 0.3) is 22.8 Å². The van der Waals surface area contributed by atoms with Crippen molar-refractivity contribution in [1.82, 2.24) is 10.7 Å². The Hall–Kier alpha value is -4.36. The number of nitrogens with one attached hydrogen (secondary N) is 2. The Morgan fingerprint density at radius 2 is 1.02 bits per heavy atom. The number of benzene rings is 4. The summed E-state index contributed by atoms with van der Waals surface area (Å²) in [5.41, 5.74) is 22.7. The molecular formula is C34H39N6+. The van der Waals surface area contributed by atoms with Crippen molar-refractivity contribution < 1.29 is 5.73 Å². The number of hydrogen-bond donors (Lipinski definition) is 4. The fourth-order valence-electron chi connectivity index (χ4n) is 5.96. The lowest BCUT2D eigenvalue weighted by Gasteiger charge is -2.34. The Kier molecular flexibility index (Phi) is 7.50. The van der Waals surface area contributed by atoms with Gasteiger partial charge in [-0.15, -0.1) is 0 Å². The molecule has 0 unspecified atom stereocenters. The van der Waals surface area contributed by atoms with Gasteiger partial charge in [-0.1, -0.05) is 78.9 Å². The SMILES string of the molecule is CN/C1=C(\N(N)c2c(C)cccc2C)c2ccccc2/C([NH3+])=C(/N(NC)c2c(C)cccc2C)c2ccccc21. The number of anilines is 2. The Balaban J connectivity index is 1.89. The molecule has 4 aromatic rings. The van der Waals surface area contributed by atoms with Crippen molar-refractivity contribution in [2.24, 2.45) is 5.84 Å². The molecule has 0 fully saturated rings. The van der Waals surface area contributed by atoms with Crippen LogP contribution in [-0.2, 0) is 0 Å². The van der Waals surface area contributed by atoms with Gasteiger partial charge in [0.25, 0.3) is 0 Å². The van der Waals surface area contributed by atoms with Crippen molar-refractivity contribution >= 4 is 34.2 Å². The molecule has 0 saturated heterocycles. The minimum Gasteiger partial charge on any atom is -0.386 e. The molecule has 4 aromatic carbocycles. The van der Waals surface area contributed by atoms with Crippen LogP contribution in [0.2, 0.25) is 0 Å². The number of hydrazine groups is 2. The lowest BCUT2D eigenvalue weighted by atomic mass is 9.89. The first-order chi connectivity index (χ1) is 19.3. The second-order valence-electron chi connectivity index (χ2n) is 10.3. The zero-order chi connectivity index (χ0) is 28.6. The van der Waals surface area contributed by atoms with Gasteiger partial charge in [-0.05, 0) is 56.0 Å². The van der Waals surface area contributed by atoms with E-state index in [0.29, 0.717) is 0 Å². The summed E-state index contributed by atoms with van der Waals surface area (Å²) in [6.45, 7) is 8.49.